The number of unbranched alkanes of at least 4 members (excludes halogenated alkanes) is 2. The predicted molar refractivity (Wildman–Crippen MR) is 85.3 cm³/mol. The summed E-state index contributed by atoms with van der Waals surface area (Å²) in [6, 6.07) is 2.95. The summed E-state index contributed by atoms with van der Waals surface area (Å²) in [4.78, 5) is 23.2. The number of carbonyl (C=O) groups is 2. The first-order valence-corrected chi connectivity index (χ1v) is 7.76. The molecule has 1 rings (SSSR count). The molecule has 6 heteroatoms. The highest BCUT2D eigenvalue weighted by atomic mass is 16.5. The smallest absolute Gasteiger partial charge is 0.336 e. The number of aromatic carboxylic acids is 1. The van der Waals surface area contributed by atoms with Crippen LogP contribution in [0.5, 0.6) is 11.5 Å². The van der Waals surface area contributed by atoms with Gasteiger partial charge in [0.05, 0.1) is 32.3 Å². The molecule has 0 aromatic heterocycles. The summed E-state index contributed by atoms with van der Waals surface area (Å²) in [7, 11) is 1.48. The molecule has 0 aliphatic heterocycles. The molecule has 6 nitrogen and oxygen atoms in total. The molecule has 0 saturated carbocycles. The Morgan fingerprint density at radius 3 is 2.48 bits per heavy atom. The van der Waals surface area contributed by atoms with Gasteiger partial charge < -0.3 is 19.3 Å². The molecule has 0 aliphatic rings. The molecule has 23 heavy (non-hydrogen) atoms. The Kier molecular flexibility index (Phi) is 7.94. The lowest BCUT2D eigenvalue weighted by atomic mass is 10.0. The second kappa shape index (κ2) is 9.71. The van der Waals surface area contributed by atoms with Crippen LogP contribution in [-0.4, -0.2) is 37.4 Å². The summed E-state index contributed by atoms with van der Waals surface area (Å²) < 4.78 is 15.9. The largest absolute Gasteiger partial charge is 0.493 e. The number of methoxy groups -OCH3 is 1. The molecule has 0 spiro atoms. The van der Waals surface area contributed by atoms with Crippen molar-refractivity contribution in [1.82, 2.24) is 0 Å². The number of ether oxygens (including phenoxy) is 3. The first-order chi connectivity index (χ1) is 11.0. The van der Waals surface area contributed by atoms with Crippen molar-refractivity contribution in [2.24, 2.45) is 0 Å². The fourth-order valence-electron chi connectivity index (χ4n) is 2.18. The molecule has 0 saturated heterocycles. The Morgan fingerprint density at radius 1 is 1.17 bits per heavy atom. The van der Waals surface area contributed by atoms with Gasteiger partial charge >= 0.3 is 11.9 Å². The van der Waals surface area contributed by atoms with E-state index in [4.69, 9.17) is 14.2 Å². The summed E-state index contributed by atoms with van der Waals surface area (Å²) in [6.45, 7) is 4.45. The van der Waals surface area contributed by atoms with Crippen molar-refractivity contribution in [2.45, 2.75) is 39.5 Å². The van der Waals surface area contributed by atoms with Crippen LogP contribution in [0.1, 0.15) is 49.0 Å². The average molecular weight is 324 g/mol. The van der Waals surface area contributed by atoms with E-state index < -0.39 is 11.9 Å². The summed E-state index contributed by atoms with van der Waals surface area (Å²) in [5, 5.41) is 9.36. The minimum absolute atomic E-state index is 0.0179. The maximum atomic E-state index is 11.8. The van der Waals surface area contributed by atoms with E-state index in [9.17, 15) is 14.7 Å². The fourth-order valence-corrected chi connectivity index (χ4v) is 2.18. The first kappa shape index (κ1) is 18.8. The molecule has 0 heterocycles. The third-order valence-corrected chi connectivity index (χ3v) is 3.30. The van der Waals surface area contributed by atoms with E-state index in [1.165, 1.54) is 19.2 Å². The highest BCUT2D eigenvalue weighted by molar-refractivity contribution is 5.92. The summed E-state index contributed by atoms with van der Waals surface area (Å²) in [5.41, 5.74) is 0.302. The molecular weight excluding hydrogens is 300 g/mol. The monoisotopic (exact) mass is 324 g/mol. The quantitative estimate of drug-likeness (QED) is 0.526. The lowest BCUT2D eigenvalue weighted by Crippen LogP contribution is -2.14. The zero-order chi connectivity index (χ0) is 17.2. The van der Waals surface area contributed by atoms with E-state index in [2.05, 4.69) is 6.92 Å². The maximum Gasteiger partial charge on any atom is 0.336 e. The Hall–Kier alpha value is -2.24. The number of esters is 1. The summed E-state index contributed by atoms with van der Waals surface area (Å²) >= 11 is 0. The highest BCUT2D eigenvalue weighted by Gasteiger charge is 2.22. The van der Waals surface area contributed by atoms with Gasteiger partial charge in [0.1, 0.15) is 0 Å². The molecule has 0 fully saturated rings. The van der Waals surface area contributed by atoms with E-state index >= 15 is 0 Å². The lowest BCUT2D eigenvalue weighted by molar-refractivity contribution is -0.142. The number of rotatable bonds is 10. The summed E-state index contributed by atoms with van der Waals surface area (Å²) in [5.74, 6) is -0.908. The molecular formula is C17H24O6. The number of carboxylic acids is 1. The fraction of sp³-hybridized carbons (Fsp3) is 0.529. The van der Waals surface area contributed by atoms with Gasteiger partial charge in [0.15, 0.2) is 11.5 Å². The molecule has 128 valence electrons. The Balaban J connectivity index is 3.15. The molecule has 0 unspecified atom stereocenters. The SMILES string of the molecule is CCCCCOc1c(OC)ccc(C(=O)O)c1CC(=O)OCC. The van der Waals surface area contributed by atoms with Crippen LogP contribution in [0, 0.1) is 0 Å². The van der Waals surface area contributed by atoms with Crippen molar-refractivity contribution < 1.29 is 28.9 Å². The zero-order valence-corrected chi connectivity index (χ0v) is 13.9. The van der Waals surface area contributed by atoms with Gasteiger partial charge in [-0.25, -0.2) is 4.79 Å². The molecule has 0 amide bonds. The van der Waals surface area contributed by atoms with Crippen LogP contribution in [0.25, 0.3) is 0 Å². The van der Waals surface area contributed by atoms with Gasteiger partial charge in [-0.3, -0.25) is 4.79 Å². The van der Waals surface area contributed by atoms with Crippen molar-refractivity contribution in [3.05, 3.63) is 23.3 Å². The van der Waals surface area contributed by atoms with Crippen LogP contribution >= 0.6 is 0 Å². The number of carbonyl (C=O) groups excluding carboxylic acids is 1. The Morgan fingerprint density at radius 2 is 1.91 bits per heavy atom. The molecule has 1 aromatic rings. The van der Waals surface area contributed by atoms with E-state index in [0.717, 1.165) is 19.3 Å². The molecule has 0 radical (unpaired) electrons. The van der Waals surface area contributed by atoms with E-state index in [1.54, 1.807) is 6.92 Å². The number of hydrogen-bond acceptors (Lipinski definition) is 5. The first-order valence-electron chi connectivity index (χ1n) is 7.76. The highest BCUT2D eigenvalue weighted by Crippen LogP contribution is 2.34. The van der Waals surface area contributed by atoms with E-state index in [-0.39, 0.29) is 24.2 Å². The molecule has 0 bridgehead atoms. The van der Waals surface area contributed by atoms with Gasteiger partial charge in [-0.05, 0) is 25.5 Å². The zero-order valence-electron chi connectivity index (χ0n) is 13.9. The normalized spacial score (nSPS) is 10.2. The minimum atomic E-state index is -1.12. The minimum Gasteiger partial charge on any atom is -0.493 e. The van der Waals surface area contributed by atoms with Crippen molar-refractivity contribution >= 4 is 11.9 Å². The third-order valence-electron chi connectivity index (χ3n) is 3.30. The van der Waals surface area contributed by atoms with Crippen LogP contribution in [0.2, 0.25) is 0 Å². The van der Waals surface area contributed by atoms with E-state index in [1.807, 2.05) is 0 Å². The number of carboxylic acid groups (broad SMARTS) is 1. The Labute approximate surface area is 136 Å². The molecule has 1 aromatic carbocycles. The number of benzene rings is 1. The van der Waals surface area contributed by atoms with Crippen molar-refractivity contribution in [1.29, 1.82) is 0 Å². The molecule has 0 aliphatic carbocycles. The maximum absolute atomic E-state index is 11.8. The second-order valence-corrected chi connectivity index (χ2v) is 4.97. The lowest BCUT2D eigenvalue weighted by Gasteiger charge is -2.17. The van der Waals surface area contributed by atoms with Crippen LogP contribution < -0.4 is 9.47 Å². The van der Waals surface area contributed by atoms with Crippen molar-refractivity contribution in [3.63, 3.8) is 0 Å². The van der Waals surface area contributed by atoms with Crippen molar-refractivity contribution in [3.8, 4) is 11.5 Å². The van der Waals surface area contributed by atoms with Crippen LogP contribution in [0.4, 0.5) is 0 Å². The topological polar surface area (TPSA) is 82.1 Å². The third kappa shape index (κ3) is 5.47. The molecule has 1 N–H and O–H groups in total. The van der Waals surface area contributed by atoms with E-state index in [0.29, 0.717) is 18.1 Å². The standard InChI is InChI=1S/C17H24O6/c1-4-6-7-10-23-16-13(11-15(18)22-5-2)12(17(19)20)8-9-14(16)21-3/h8-9H,4-7,10-11H2,1-3H3,(H,19,20). The van der Waals surface area contributed by atoms with Crippen LogP contribution in [0.15, 0.2) is 12.1 Å². The van der Waals surface area contributed by atoms with Crippen LogP contribution in [-0.2, 0) is 16.0 Å². The van der Waals surface area contributed by atoms with Crippen LogP contribution in [0.3, 0.4) is 0 Å². The average Bonchev–Trinajstić information content (AvgIpc) is 2.52. The van der Waals surface area contributed by atoms with Gasteiger partial charge in [0.2, 0.25) is 0 Å². The number of hydrogen-bond donors (Lipinski definition) is 1. The van der Waals surface area contributed by atoms with Gasteiger partial charge in [0.25, 0.3) is 0 Å². The van der Waals surface area contributed by atoms with Gasteiger partial charge in [-0.15, -0.1) is 0 Å². The van der Waals surface area contributed by atoms with Gasteiger partial charge in [-0.1, -0.05) is 19.8 Å². The molecule has 0 atom stereocenters. The second-order valence-electron chi connectivity index (χ2n) is 4.97. The van der Waals surface area contributed by atoms with Gasteiger partial charge in [0, 0.05) is 5.56 Å². The Bertz CT molecular complexity index is 538. The summed E-state index contributed by atoms with van der Waals surface area (Å²) in [6.07, 6.45) is 2.73. The van der Waals surface area contributed by atoms with Gasteiger partial charge in [-0.2, -0.15) is 0 Å². The van der Waals surface area contributed by atoms with Crippen molar-refractivity contribution in [2.75, 3.05) is 20.3 Å². The predicted octanol–water partition coefficient (Wildman–Crippen LogP) is 3.07.